The molecule has 0 saturated carbocycles. The zero-order valence-electron chi connectivity index (χ0n) is 3.44. The van der Waals surface area contributed by atoms with Crippen molar-refractivity contribution in [2.24, 2.45) is 0 Å². The molecule has 0 bridgehead atoms. The molecule has 0 aromatic heterocycles. The van der Waals surface area contributed by atoms with E-state index < -0.39 is 0 Å². The highest BCUT2D eigenvalue weighted by Crippen LogP contribution is 2.50. The standard InChI is InChI=1S/C4H4BrIS/c5-7-3-1-2-4(7)6/h1-3,7H. The molecule has 0 fully saturated rings. The third kappa shape index (κ3) is 1.47. The number of allylic oxidation sites excluding steroid dienone is 2. The van der Waals surface area contributed by atoms with Crippen LogP contribution in [0.25, 0.3) is 0 Å². The lowest BCUT2D eigenvalue weighted by Crippen LogP contribution is -1.49. The quantitative estimate of drug-likeness (QED) is 0.514. The van der Waals surface area contributed by atoms with Gasteiger partial charge < -0.3 is 0 Å². The lowest BCUT2D eigenvalue weighted by molar-refractivity contribution is 2.14. The average molecular weight is 291 g/mol. The predicted octanol–water partition coefficient (Wildman–Crippen LogP) is 3.10. The second-order valence-electron chi connectivity index (χ2n) is 1.14. The molecular weight excluding hydrogens is 287 g/mol. The van der Waals surface area contributed by atoms with E-state index in [2.05, 4.69) is 55.0 Å². The molecule has 1 aliphatic heterocycles. The Morgan fingerprint density at radius 3 is 2.57 bits per heavy atom. The average Bonchev–Trinajstić information content (AvgIpc) is 1.91. The van der Waals surface area contributed by atoms with Crippen LogP contribution in [0.15, 0.2) is 20.5 Å². The Bertz CT molecular complexity index is 130. The molecule has 0 radical (unpaired) electrons. The molecule has 0 amide bonds. The molecule has 0 aromatic rings. The van der Waals surface area contributed by atoms with Crippen molar-refractivity contribution in [2.75, 3.05) is 0 Å². The van der Waals surface area contributed by atoms with E-state index in [1.165, 1.54) is 2.91 Å². The molecule has 1 atom stereocenters. The van der Waals surface area contributed by atoms with Gasteiger partial charge >= 0.3 is 0 Å². The molecule has 1 aliphatic rings. The normalized spacial score (nSPS) is 33.4. The van der Waals surface area contributed by atoms with Crippen LogP contribution in [-0.4, -0.2) is 0 Å². The molecule has 40 valence electrons. The lowest BCUT2D eigenvalue weighted by atomic mass is 10.6. The summed E-state index contributed by atoms with van der Waals surface area (Å²) in [6.45, 7) is 0. The van der Waals surface area contributed by atoms with Crippen molar-refractivity contribution in [1.82, 2.24) is 0 Å². The second-order valence-corrected chi connectivity index (χ2v) is 6.85. The number of hydrogen-bond donors (Lipinski definition) is 1. The van der Waals surface area contributed by atoms with Gasteiger partial charge in [-0.1, -0.05) is 6.08 Å². The van der Waals surface area contributed by atoms with Crippen LogP contribution in [0, 0.1) is 0 Å². The summed E-state index contributed by atoms with van der Waals surface area (Å²) in [5.41, 5.74) is 0. The summed E-state index contributed by atoms with van der Waals surface area (Å²) in [4.78, 5) is 0. The van der Waals surface area contributed by atoms with E-state index >= 15 is 0 Å². The van der Waals surface area contributed by atoms with Crippen LogP contribution < -0.4 is 0 Å². The van der Waals surface area contributed by atoms with Gasteiger partial charge in [-0.05, 0) is 48.9 Å². The Balaban J connectivity index is 2.69. The molecule has 1 unspecified atom stereocenters. The molecular formula is C4H4BrIS. The highest BCUT2D eigenvalue weighted by Gasteiger charge is 2.00. The summed E-state index contributed by atoms with van der Waals surface area (Å²) < 4.78 is 1.42. The van der Waals surface area contributed by atoms with Crippen molar-refractivity contribution in [2.45, 2.75) is 0 Å². The maximum absolute atomic E-state index is 3.51. The highest BCUT2D eigenvalue weighted by molar-refractivity contribution is 14.1. The van der Waals surface area contributed by atoms with Crippen molar-refractivity contribution in [1.29, 1.82) is 0 Å². The zero-order valence-corrected chi connectivity index (χ0v) is 8.07. The van der Waals surface area contributed by atoms with Gasteiger partial charge in [0.1, 0.15) is 0 Å². The van der Waals surface area contributed by atoms with E-state index in [1.54, 1.807) is 0 Å². The first-order valence-electron chi connectivity index (χ1n) is 1.80. The van der Waals surface area contributed by atoms with E-state index in [-0.39, 0.29) is 9.33 Å². The van der Waals surface area contributed by atoms with E-state index in [0.717, 1.165) is 0 Å². The van der Waals surface area contributed by atoms with Crippen LogP contribution >= 0.6 is 46.7 Å². The summed E-state index contributed by atoms with van der Waals surface area (Å²) in [5, 5.41) is 2.18. The molecule has 1 rings (SSSR count). The van der Waals surface area contributed by atoms with Crippen molar-refractivity contribution in [3.8, 4) is 0 Å². The summed E-state index contributed by atoms with van der Waals surface area (Å²) in [6.07, 6.45) is 4.21. The fraction of sp³-hybridized carbons (Fsp3) is 0. The monoisotopic (exact) mass is 290 g/mol. The van der Waals surface area contributed by atoms with Crippen LogP contribution in [0.3, 0.4) is 0 Å². The molecule has 7 heavy (non-hydrogen) atoms. The van der Waals surface area contributed by atoms with Crippen molar-refractivity contribution in [3.63, 3.8) is 0 Å². The summed E-state index contributed by atoms with van der Waals surface area (Å²) >= 11 is 5.84. The summed E-state index contributed by atoms with van der Waals surface area (Å²) in [7, 11) is -0.0465. The van der Waals surface area contributed by atoms with Gasteiger partial charge in [-0.15, -0.1) is 9.33 Å². The Kier molecular flexibility index (Phi) is 2.24. The van der Waals surface area contributed by atoms with E-state index in [0.29, 0.717) is 0 Å². The first-order chi connectivity index (χ1) is 3.30. The van der Waals surface area contributed by atoms with Crippen LogP contribution in [0.1, 0.15) is 0 Å². The van der Waals surface area contributed by atoms with Gasteiger partial charge in [0, 0.05) is 2.91 Å². The number of halogens is 2. The van der Waals surface area contributed by atoms with Crippen LogP contribution in [0.2, 0.25) is 0 Å². The maximum Gasteiger partial charge on any atom is 0.0390 e. The Labute approximate surface area is 66.7 Å². The van der Waals surface area contributed by atoms with Crippen LogP contribution in [0.4, 0.5) is 0 Å². The SMILES string of the molecule is Br[SH]1C=CC=C1I. The first-order valence-corrected chi connectivity index (χ1v) is 6.30. The smallest absolute Gasteiger partial charge is 0.0390 e. The largest absolute Gasteiger partial charge is 0.142 e. The Morgan fingerprint density at radius 1 is 1.71 bits per heavy atom. The molecule has 1 heterocycles. The van der Waals surface area contributed by atoms with Crippen molar-refractivity contribution >= 4 is 46.7 Å². The third-order valence-corrected chi connectivity index (χ3v) is 7.41. The van der Waals surface area contributed by atoms with Gasteiger partial charge in [0.2, 0.25) is 0 Å². The topological polar surface area (TPSA) is 0 Å². The van der Waals surface area contributed by atoms with Crippen LogP contribution in [-0.2, 0) is 0 Å². The minimum atomic E-state index is -0.0465. The minimum absolute atomic E-state index is 0.0465. The highest BCUT2D eigenvalue weighted by atomic mass is 127. The van der Waals surface area contributed by atoms with Crippen molar-refractivity contribution in [3.05, 3.63) is 20.5 Å². The van der Waals surface area contributed by atoms with Gasteiger partial charge in [0.25, 0.3) is 0 Å². The second kappa shape index (κ2) is 2.55. The van der Waals surface area contributed by atoms with Crippen LogP contribution in [0.5, 0.6) is 0 Å². The third-order valence-electron chi connectivity index (χ3n) is 0.655. The number of thiol groups is 1. The molecule has 0 saturated heterocycles. The molecule has 0 N–H and O–H groups in total. The predicted molar refractivity (Wildman–Crippen MR) is 49.2 cm³/mol. The minimum Gasteiger partial charge on any atom is -0.142 e. The molecule has 3 heteroatoms. The van der Waals surface area contributed by atoms with Gasteiger partial charge in [-0.3, -0.25) is 0 Å². The van der Waals surface area contributed by atoms with Crippen molar-refractivity contribution < 1.29 is 0 Å². The summed E-state index contributed by atoms with van der Waals surface area (Å²) in [6, 6.07) is 0. The molecule has 0 aromatic carbocycles. The maximum atomic E-state index is 3.51. The molecule has 0 nitrogen and oxygen atoms in total. The van der Waals surface area contributed by atoms with Gasteiger partial charge in [0.15, 0.2) is 0 Å². The lowest BCUT2D eigenvalue weighted by Gasteiger charge is -1.98. The number of rotatable bonds is 0. The fourth-order valence-corrected chi connectivity index (χ4v) is 2.40. The van der Waals surface area contributed by atoms with Gasteiger partial charge in [-0.2, -0.15) is 0 Å². The molecule has 0 aliphatic carbocycles. The van der Waals surface area contributed by atoms with E-state index in [4.69, 9.17) is 0 Å². The van der Waals surface area contributed by atoms with E-state index in [1.807, 2.05) is 0 Å². The summed E-state index contributed by atoms with van der Waals surface area (Å²) in [5.74, 6) is 0. The Morgan fingerprint density at radius 2 is 2.43 bits per heavy atom. The van der Waals surface area contributed by atoms with E-state index in [9.17, 15) is 0 Å². The van der Waals surface area contributed by atoms with Gasteiger partial charge in [0.05, 0.1) is 0 Å². The zero-order chi connectivity index (χ0) is 5.28. The van der Waals surface area contributed by atoms with Gasteiger partial charge in [-0.25, -0.2) is 0 Å². The molecule has 0 spiro atoms. The fourth-order valence-electron chi connectivity index (χ4n) is 0.340. The Hall–Kier alpha value is 1.04. The number of hydrogen-bond acceptors (Lipinski definition) is 0. The first kappa shape index (κ1) is 6.16.